The summed E-state index contributed by atoms with van der Waals surface area (Å²) in [4.78, 5) is 4.22. The first kappa shape index (κ1) is 13.3. The molecule has 2 rings (SSSR count). The summed E-state index contributed by atoms with van der Waals surface area (Å²) in [6, 6.07) is 1.35. The van der Waals surface area contributed by atoms with Crippen molar-refractivity contribution in [3.8, 4) is 11.5 Å². The summed E-state index contributed by atoms with van der Waals surface area (Å²) in [6.45, 7) is 3.08. The van der Waals surface area contributed by atoms with Crippen molar-refractivity contribution in [3.05, 3.63) is 22.8 Å². The van der Waals surface area contributed by atoms with E-state index in [4.69, 9.17) is 19.4 Å². The van der Waals surface area contributed by atoms with E-state index in [9.17, 15) is 0 Å². The van der Waals surface area contributed by atoms with Gasteiger partial charge in [-0.15, -0.1) is 0 Å². The molecular formula is C11H14BrN3O3. The molecule has 0 saturated carbocycles. The van der Waals surface area contributed by atoms with E-state index in [1.165, 1.54) is 6.26 Å². The second kappa shape index (κ2) is 6.12. The third kappa shape index (κ3) is 2.98. The van der Waals surface area contributed by atoms with Gasteiger partial charge in [0, 0.05) is 6.61 Å². The minimum absolute atomic E-state index is 0.372. The first-order valence-electron chi connectivity index (χ1n) is 5.62. The maximum atomic E-state index is 5.90. The van der Waals surface area contributed by atoms with Crippen molar-refractivity contribution >= 4 is 15.9 Å². The Hall–Kier alpha value is -1.18. The monoisotopic (exact) mass is 315 g/mol. The van der Waals surface area contributed by atoms with Crippen molar-refractivity contribution in [2.24, 2.45) is 5.73 Å². The lowest BCUT2D eigenvalue weighted by Gasteiger charge is -2.06. The number of rotatable bonds is 6. The zero-order valence-corrected chi connectivity index (χ0v) is 11.5. The summed E-state index contributed by atoms with van der Waals surface area (Å²) in [5, 5.41) is 3.84. The number of furan rings is 1. The van der Waals surface area contributed by atoms with Gasteiger partial charge in [-0.25, -0.2) is 0 Å². The van der Waals surface area contributed by atoms with E-state index in [2.05, 4.69) is 26.1 Å². The van der Waals surface area contributed by atoms with Gasteiger partial charge in [-0.2, -0.15) is 4.98 Å². The maximum Gasteiger partial charge on any atom is 0.262 e. The van der Waals surface area contributed by atoms with Gasteiger partial charge in [-0.1, -0.05) is 12.1 Å². The van der Waals surface area contributed by atoms with Gasteiger partial charge in [0.05, 0.1) is 24.5 Å². The van der Waals surface area contributed by atoms with Crippen LogP contribution in [0.2, 0.25) is 0 Å². The van der Waals surface area contributed by atoms with Crippen LogP contribution in [-0.2, 0) is 4.74 Å². The first-order chi connectivity index (χ1) is 8.72. The topological polar surface area (TPSA) is 87.3 Å². The Bertz CT molecular complexity index is 497. The van der Waals surface area contributed by atoms with Crippen molar-refractivity contribution in [2.75, 3.05) is 13.2 Å². The van der Waals surface area contributed by atoms with Gasteiger partial charge in [0.15, 0.2) is 10.5 Å². The molecule has 0 aliphatic heterocycles. The van der Waals surface area contributed by atoms with Gasteiger partial charge in [-0.05, 0) is 28.4 Å². The molecular weight excluding hydrogens is 302 g/mol. The molecule has 2 heterocycles. The molecule has 0 bridgehead atoms. The number of hydrogen-bond donors (Lipinski definition) is 1. The molecule has 0 aliphatic rings. The van der Waals surface area contributed by atoms with Crippen LogP contribution in [0.15, 0.2) is 25.9 Å². The molecule has 2 aromatic heterocycles. The third-order valence-electron chi connectivity index (χ3n) is 2.27. The number of nitrogens with two attached hydrogens (primary N) is 1. The van der Waals surface area contributed by atoms with Crippen molar-refractivity contribution in [1.82, 2.24) is 10.1 Å². The highest BCUT2D eigenvalue weighted by atomic mass is 79.9. The minimum atomic E-state index is -0.389. The van der Waals surface area contributed by atoms with E-state index >= 15 is 0 Å². The number of hydrogen-bond acceptors (Lipinski definition) is 6. The van der Waals surface area contributed by atoms with Crippen LogP contribution >= 0.6 is 15.9 Å². The number of nitrogens with zero attached hydrogens (tertiary/aromatic N) is 2. The Morgan fingerprint density at radius 2 is 2.39 bits per heavy atom. The fourth-order valence-corrected chi connectivity index (χ4v) is 1.78. The van der Waals surface area contributed by atoms with E-state index < -0.39 is 0 Å². The summed E-state index contributed by atoms with van der Waals surface area (Å²) in [7, 11) is 0. The van der Waals surface area contributed by atoms with E-state index in [0.29, 0.717) is 35.2 Å². The molecule has 2 aromatic rings. The molecule has 2 N–H and O–H groups in total. The van der Waals surface area contributed by atoms with Crippen LogP contribution in [0.1, 0.15) is 25.2 Å². The average molecular weight is 316 g/mol. The van der Waals surface area contributed by atoms with Crippen molar-refractivity contribution in [3.63, 3.8) is 0 Å². The minimum Gasteiger partial charge on any atom is -0.457 e. The predicted octanol–water partition coefficient (Wildman–Crippen LogP) is 2.52. The third-order valence-corrected chi connectivity index (χ3v) is 2.88. The lowest BCUT2D eigenvalue weighted by molar-refractivity contribution is 0.119. The first-order valence-corrected chi connectivity index (χ1v) is 6.42. The number of aromatic nitrogens is 2. The van der Waals surface area contributed by atoms with Crippen LogP contribution in [0.25, 0.3) is 11.5 Å². The Labute approximate surface area is 113 Å². The average Bonchev–Trinajstić information content (AvgIpc) is 2.97. The highest BCUT2D eigenvalue weighted by Crippen LogP contribution is 2.28. The van der Waals surface area contributed by atoms with Crippen LogP contribution in [0.5, 0.6) is 0 Å². The summed E-state index contributed by atoms with van der Waals surface area (Å²) >= 11 is 3.25. The van der Waals surface area contributed by atoms with Crippen molar-refractivity contribution < 1.29 is 13.7 Å². The molecule has 1 unspecified atom stereocenters. The summed E-state index contributed by atoms with van der Waals surface area (Å²) in [6.07, 6.45) is 2.49. The molecule has 98 valence electrons. The Morgan fingerprint density at radius 3 is 3.06 bits per heavy atom. The summed E-state index contributed by atoms with van der Waals surface area (Å²) in [5.74, 6) is 0.797. The smallest absolute Gasteiger partial charge is 0.262 e. The Kier molecular flexibility index (Phi) is 4.51. The van der Waals surface area contributed by atoms with Crippen LogP contribution in [-0.4, -0.2) is 23.4 Å². The standard InChI is InChI=1S/C11H14BrN3O3/c1-2-4-16-6-8(13)10-14-11(18-15-10)7-3-5-17-9(7)12/h3,5,8H,2,4,6,13H2,1H3. The van der Waals surface area contributed by atoms with Crippen LogP contribution in [0, 0.1) is 0 Å². The molecule has 0 saturated heterocycles. The quantitative estimate of drug-likeness (QED) is 0.824. The molecule has 6 nitrogen and oxygen atoms in total. The van der Waals surface area contributed by atoms with E-state index in [1.54, 1.807) is 6.07 Å². The molecule has 18 heavy (non-hydrogen) atoms. The van der Waals surface area contributed by atoms with Gasteiger partial charge in [0.25, 0.3) is 5.89 Å². The molecule has 7 heteroatoms. The van der Waals surface area contributed by atoms with Crippen LogP contribution in [0.3, 0.4) is 0 Å². The van der Waals surface area contributed by atoms with Gasteiger partial charge in [-0.3, -0.25) is 0 Å². The fraction of sp³-hybridized carbons (Fsp3) is 0.455. The van der Waals surface area contributed by atoms with E-state index in [-0.39, 0.29) is 6.04 Å². The summed E-state index contributed by atoms with van der Waals surface area (Å²) in [5.41, 5.74) is 6.60. The van der Waals surface area contributed by atoms with Crippen molar-refractivity contribution in [1.29, 1.82) is 0 Å². The second-order valence-electron chi connectivity index (χ2n) is 3.75. The van der Waals surface area contributed by atoms with Crippen molar-refractivity contribution in [2.45, 2.75) is 19.4 Å². The van der Waals surface area contributed by atoms with Gasteiger partial charge < -0.3 is 19.4 Å². The molecule has 0 aromatic carbocycles. The zero-order chi connectivity index (χ0) is 13.0. The lowest BCUT2D eigenvalue weighted by Crippen LogP contribution is -2.18. The molecule has 0 spiro atoms. The molecule has 0 fully saturated rings. The lowest BCUT2D eigenvalue weighted by atomic mass is 10.3. The highest BCUT2D eigenvalue weighted by Gasteiger charge is 2.18. The fourth-order valence-electron chi connectivity index (χ4n) is 1.37. The normalized spacial score (nSPS) is 12.8. The predicted molar refractivity (Wildman–Crippen MR) is 67.7 cm³/mol. The largest absolute Gasteiger partial charge is 0.457 e. The van der Waals surface area contributed by atoms with Gasteiger partial charge in [0.2, 0.25) is 0 Å². The molecule has 0 aliphatic carbocycles. The second-order valence-corrected chi connectivity index (χ2v) is 4.47. The number of halogens is 1. The maximum absolute atomic E-state index is 5.90. The number of ether oxygens (including phenoxy) is 1. The van der Waals surface area contributed by atoms with E-state index in [1.807, 2.05) is 6.92 Å². The summed E-state index contributed by atoms with van der Waals surface area (Å²) < 4.78 is 16.1. The molecule has 1 atom stereocenters. The molecule has 0 amide bonds. The van der Waals surface area contributed by atoms with E-state index in [0.717, 1.165) is 6.42 Å². The highest BCUT2D eigenvalue weighted by molar-refractivity contribution is 9.10. The SMILES string of the molecule is CCCOCC(N)c1noc(-c2ccoc2Br)n1. The van der Waals surface area contributed by atoms with Gasteiger partial charge in [0.1, 0.15) is 0 Å². The van der Waals surface area contributed by atoms with Gasteiger partial charge >= 0.3 is 0 Å². The Morgan fingerprint density at radius 1 is 1.56 bits per heavy atom. The van der Waals surface area contributed by atoms with Crippen LogP contribution in [0.4, 0.5) is 0 Å². The Balaban J connectivity index is 2.04. The molecule has 0 radical (unpaired) electrons. The zero-order valence-electron chi connectivity index (χ0n) is 9.93. The van der Waals surface area contributed by atoms with Crippen LogP contribution < -0.4 is 5.73 Å².